The molecule has 0 saturated carbocycles. The van der Waals surface area contributed by atoms with Crippen molar-refractivity contribution in [1.82, 2.24) is 9.97 Å². The topological polar surface area (TPSA) is 25.8 Å². The molecule has 0 aliphatic rings. The zero-order valence-electron chi connectivity index (χ0n) is 8.96. The summed E-state index contributed by atoms with van der Waals surface area (Å²) in [5, 5.41) is 0. The van der Waals surface area contributed by atoms with E-state index >= 15 is 0 Å². The van der Waals surface area contributed by atoms with Crippen LogP contribution in [-0.4, -0.2) is 9.97 Å². The Balaban J connectivity index is 2.84. The molecular formula is C11H18N2. The van der Waals surface area contributed by atoms with Crippen molar-refractivity contribution in [2.45, 2.75) is 46.5 Å². The lowest BCUT2D eigenvalue weighted by Crippen LogP contribution is -2.01. The largest absolute Gasteiger partial charge is 0.258 e. The van der Waals surface area contributed by atoms with E-state index in [9.17, 15) is 0 Å². The van der Waals surface area contributed by atoms with Crippen molar-refractivity contribution in [3.63, 3.8) is 0 Å². The minimum absolute atomic E-state index is 0.539. The Labute approximate surface area is 80.4 Å². The van der Waals surface area contributed by atoms with Crippen LogP contribution < -0.4 is 0 Å². The van der Waals surface area contributed by atoms with E-state index < -0.39 is 0 Å². The number of nitrogens with zero attached hydrogens (tertiary/aromatic N) is 2. The van der Waals surface area contributed by atoms with Crippen molar-refractivity contribution >= 4 is 0 Å². The Morgan fingerprint density at radius 3 is 2.54 bits per heavy atom. The van der Waals surface area contributed by atoms with E-state index in [1.54, 1.807) is 0 Å². The Morgan fingerprint density at radius 1 is 1.31 bits per heavy atom. The van der Waals surface area contributed by atoms with Crippen LogP contribution in [0.15, 0.2) is 6.20 Å². The maximum atomic E-state index is 4.53. The molecule has 13 heavy (non-hydrogen) atoms. The summed E-state index contributed by atoms with van der Waals surface area (Å²) in [5.74, 6) is 0.539. The summed E-state index contributed by atoms with van der Waals surface area (Å²) in [6.07, 6.45) is 4.30. The normalized spacial score (nSPS) is 12.9. The first-order valence-electron chi connectivity index (χ1n) is 4.95. The first kappa shape index (κ1) is 10.2. The second kappa shape index (κ2) is 4.35. The van der Waals surface area contributed by atoms with Crippen LogP contribution >= 0.6 is 0 Å². The molecule has 0 aliphatic heterocycles. The highest BCUT2D eigenvalue weighted by Gasteiger charge is 2.07. The van der Waals surface area contributed by atoms with Crippen LogP contribution in [0, 0.1) is 13.8 Å². The molecule has 0 bridgehead atoms. The van der Waals surface area contributed by atoms with E-state index in [-0.39, 0.29) is 0 Å². The quantitative estimate of drug-likeness (QED) is 0.711. The lowest BCUT2D eigenvalue weighted by Gasteiger charge is -2.10. The SMILES string of the molecule is CCC[C@H](C)c1cnc(C)c(C)n1. The van der Waals surface area contributed by atoms with Crippen LogP contribution in [0.5, 0.6) is 0 Å². The summed E-state index contributed by atoms with van der Waals surface area (Å²) in [5.41, 5.74) is 3.22. The number of aryl methyl sites for hydroxylation is 2. The maximum absolute atomic E-state index is 4.53. The highest BCUT2D eigenvalue weighted by molar-refractivity contribution is 5.13. The lowest BCUT2D eigenvalue weighted by molar-refractivity contribution is 0.640. The van der Waals surface area contributed by atoms with Crippen molar-refractivity contribution in [3.05, 3.63) is 23.3 Å². The van der Waals surface area contributed by atoms with Crippen molar-refractivity contribution in [1.29, 1.82) is 0 Å². The molecule has 72 valence electrons. The van der Waals surface area contributed by atoms with Gasteiger partial charge in [0.05, 0.1) is 17.1 Å². The third-order valence-corrected chi connectivity index (χ3v) is 2.44. The van der Waals surface area contributed by atoms with Gasteiger partial charge in [0.25, 0.3) is 0 Å². The van der Waals surface area contributed by atoms with E-state index in [0.29, 0.717) is 5.92 Å². The average Bonchev–Trinajstić information content (AvgIpc) is 2.10. The fourth-order valence-electron chi connectivity index (χ4n) is 1.38. The summed E-state index contributed by atoms with van der Waals surface area (Å²) < 4.78 is 0. The van der Waals surface area contributed by atoms with Crippen molar-refractivity contribution in [2.75, 3.05) is 0 Å². The first-order chi connectivity index (χ1) is 6.15. The summed E-state index contributed by atoms with van der Waals surface area (Å²) in [7, 11) is 0. The van der Waals surface area contributed by atoms with E-state index in [0.717, 1.165) is 17.1 Å². The zero-order valence-corrected chi connectivity index (χ0v) is 8.96. The van der Waals surface area contributed by atoms with Gasteiger partial charge in [-0.05, 0) is 26.2 Å². The van der Waals surface area contributed by atoms with Gasteiger partial charge in [0.2, 0.25) is 0 Å². The molecule has 1 aromatic heterocycles. The van der Waals surface area contributed by atoms with Gasteiger partial charge in [0, 0.05) is 6.20 Å². The molecule has 1 heterocycles. The molecule has 1 atom stereocenters. The zero-order chi connectivity index (χ0) is 9.84. The molecule has 1 aromatic rings. The molecule has 1 rings (SSSR count). The van der Waals surface area contributed by atoms with Crippen LogP contribution in [0.2, 0.25) is 0 Å². The third kappa shape index (κ3) is 2.51. The molecule has 0 N–H and O–H groups in total. The maximum Gasteiger partial charge on any atom is 0.0618 e. The van der Waals surface area contributed by atoms with Gasteiger partial charge in [-0.25, -0.2) is 0 Å². The summed E-state index contributed by atoms with van der Waals surface area (Å²) >= 11 is 0. The number of rotatable bonds is 3. The Bertz CT molecular complexity index is 281. The number of aromatic nitrogens is 2. The Morgan fingerprint density at radius 2 is 2.00 bits per heavy atom. The second-order valence-electron chi connectivity index (χ2n) is 3.66. The molecule has 0 radical (unpaired) electrons. The third-order valence-electron chi connectivity index (χ3n) is 2.44. The highest BCUT2D eigenvalue weighted by Crippen LogP contribution is 2.18. The Kier molecular flexibility index (Phi) is 3.40. The van der Waals surface area contributed by atoms with Crippen LogP contribution in [0.4, 0.5) is 0 Å². The predicted molar refractivity (Wildman–Crippen MR) is 54.8 cm³/mol. The Hall–Kier alpha value is -0.920. The summed E-state index contributed by atoms with van der Waals surface area (Å²) in [6, 6.07) is 0. The summed E-state index contributed by atoms with van der Waals surface area (Å²) in [4.78, 5) is 8.85. The number of hydrogen-bond donors (Lipinski definition) is 0. The van der Waals surface area contributed by atoms with E-state index in [1.807, 2.05) is 20.0 Å². The smallest absolute Gasteiger partial charge is 0.0618 e. The van der Waals surface area contributed by atoms with Crippen molar-refractivity contribution in [2.24, 2.45) is 0 Å². The molecule has 0 fully saturated rings. The van der Waals surface area contributed by atoms with Crippen LogP contribution in [0.3, 0.4) is 0 Å². The molecular weight excluding hydrogens is 160 g/mol. The van der Waals surface area contributed by atoms with Crippen LogP contribution in [-0.2, 0) is 0 Å². The van der Waals surface area contributed by atoms with Gasteiger partial charge in [-0.1, -0.05) is 20.3 Å². The van der Waals surface area contributed by atoms with Crippen molar-refractivity contribution in [3.8, 4) is 0 Å². The average molecular weight is 178 g/mol. The van der Waals surface area contributed by atoms with Gasteiger partial charge in [0.15, 0.2) is 0 Å². The standard InChI is InChI=1S/C11H18N2/c1-5-6-8(2)11-7-12-9(3)10(4)13-11/h7-8H,5-6H2,1-4H3/t8-/m0/s1. The van der Waals surface area contributed by atoms with Gasteiger partial charge in [-0.2, -0.15) is 0 Å². The van der Waals surface area contributed by atoms with Crippen LogP contribution in [0.25, 0.3) is 0 Å². The van der Waals surface area contributed by atoms with Gasteiger partial charge in [-0.15, -0.1) is 0 Å². The molecule has 0 amide bonds. The second-order valence-corrected chi connectivity index (χ2v) is 3.66. The predicted octanol–water partition coefficient (Wildman–Crippen LogP) is 3.00. The summed E-state index contributed by atoms with van der Waals surface area (Å²) in [6.45, 7) is 8.42. The first-order valence-corrected chi connectivity index (χ1v) is 4.95. The molecule has 2 heteroatoms. The van der Waals surface area contributed by atoms with Crippen molar-refractivity contribution < 1.29 is 0 Å². The van der Waals surface area contributed by atoms with Gasteiger partial charge >= 0.3 is 0 Å². The van der Waals surface area contributed by atoms with Gasteiger partial charge < -0.3 is 0 Å². The molecule has 0 aliphatic carbocycles. The molecule has 0 spiro atoms. The molecule has 0 saturated heterocycles. The fourth-order valence-corrected chi connectivity index (χ4v) is 1.38. The molecule has 0 aromatic carbocycles. The monoisotopic (exact) mass is 178 g/mol. The van der Waals surface area contributed by atoms with E-state index in [1.165, 1.54) is 12.8 Å². The van der Waals surface area contributed by atoms with Gasteiger partial charge in [0.1, 0.15) is 0 Å². The van der Waals surface area contributed by atoms with E-state index in [2.05, 4.69) is 23.8 Å². The highest BCUT2D eigenvalue weighted by atomic mass is 14.8. The van der Waals surface area contributed by atoms with Crippen LogP contribution in [0.1, 0.15) is 49.7 Å². The minimum atomic E-state index is 0.539. The molecule has 0 unspecified atom stereocenters. The van der Waals surface area contributed by atoms with Gasteiger partial charge in [-0.3, -0.25) is 9.97 Å². The number of hydrogen-bond acceptors (Lipinski definition) is 2. The fraction of sp³-hybridized carbons (Fsp3) is 0.636. The van der Waals surface area contributed by atoms with E-state index in [4.69, 9.17) is 0 Å². The molecule has 2 nitrogen and oxygen atoms in total. The minimum Gasteiger partial charge on any atom is -0.258 e. The lowest BCUT2D eigenvalue weighted by atomic mass is 10.0.